The smallest absolute Gasteiger partial charge is 0.130 e. The topological polar surface area (TPSA) is 39.1 Å². The molecule has 104 valence electrons. The lowest BCUT2D eigenvalue weighted by molar-refractivity contribution is 0.0830. The Morgan fingerprint density at radius 2 is 2.17 bits per heavy atom. The summed E-state index contributed by atoms with van der Waals surface area (Å²) in [5.41, 5.74) is 2.10. The molecule has 1 aromatic rings. The summed E-state index contributed by atoms with van der Waals surface area (Å²) in [6, 6.07) is 0.260. The maximum Gasteiger partial charge on any atom is 0.130 e. The first-order chi connectivity index (χ1) is 8.51. The van der Waals surface area contributed by atoms with Gasteiger partial charge in [0.1, 0.15) is 5.15 Å². The number of aryl methyl sites for hydroxylation is 2. The van der Waals surface area contributed by atoms with Crippen LogP contribution in [0.15, 0.2) is 0 Å². The molecule has 0 spiro atoms. The van der Waals surface area contributed by atoms with E-state index in [4.69, 9.17) is 16.3 Å². The van der Waals surface area contributed by atoms with Crippen molar-refractivity contribution in [3.8, 4) is 0 Å². The highest BCUT2D eigenvalue weighted by Crippen LogP contribution is 2.21. The van der Waals surface area contributed by atoms with Gasteiger partial charge in [-0.05, 0) is 33.2 Å². The molecule has 0 aromatic carbocycles. The van der Waals surface area contributed by atoms with Crippen LogP contribution in [0.2, 0.25) is 5.15 Å². The number of aromatic nitrogens is 2. The minimum absolute atomic E-state index is 0.146. The summed E-state index contributed by atoms with van der Waals surface area (Å²) in [6.07, 6.45) is 2.09. The number of hydrogen-bond donors (Lipinski definition) is 1. The zero-order valence-electron chi connectivity index (χ0n) is 12.0. The number of ether oxygens (including phenoxy) is 1. The summed E-state index contributed by atoms with van der Waals surface area (Å²) >= 11 is 6.27. The highest BCUT2D eigenvalue weighted by Gasteiger charge is 2.21. The van der Waals surface area contributed by atoms with Gasteiger partial charge in [-0.3, -0.25) is 4.68 Å². The Bertz CT molecular complexity index is 379. The van der Waals surface area contributed by atoms with Gasteiger partial charge in [0, 0.05) is 25.8 Å². The molecule has 0 aliphatic heterocycles. The van der Waals surface area contributed by atoms with E-state index < -0.39 is 0 Å². The van der Waals surface area contributed by atoms with Gasteiger partial charge in [-0.15, -0.1) is 0 Å². The van der Waals surface area contributed by atoms with Crippen LogP contribution in [0.1, 0.15) is 31.5 Å². The van der Waals surface area contributed by atoms with Gasteiger partial charge in [-0.25, -0.2) is 0 Å². The molecule has 1 rings (SSSR count). The van der Waals surface area contributed by atoms with Crippen LogP contribution in [0, 0.1) is 6.92 Å². The maximum atomic E-state index is 6.27. The molecule has 18 heavy (non-hydrogen) atoms. The first-order valence-corrected chi connectivity index (χ1v) is 6.83. The van der Waals surface area contributed by atoms with E-state index in [9.17, 15) is 0 Å². The van der Waals surface area contributed by atoms with Crippen LogP contribution in [0.5, 0.6) is 0 Å². The van der Waals surface area contributed by atoms with Crippen molar-refractivity contribution in [1.82, 2.24) is 15.1 Å². The van der Waals surface area contributed by atoms with Crippen molar-refractivity contribution >= 4 is 11.6 Å². The summed E-state index contributed by atoms with van der Waals surface area (Å²) in [4.78, 5) is 0. The summed E-state index contributed by atoms with van der Waals surface area (Å²) in [7, 11) is 3.61. The number of rotatable bonds is 7. The standard InChI is InChI=1S/C13H24ClN3O/c1-6-7-15-12(10(3)18-5)8-11-9(2)16-17(4)13(11)14/h10,12,15H,6-8H2,1-5H3. The summed E-state index contributed by atoms with van der Waals surface area (Å²) in [5.74, 6) is 0. The van der Waals surface area contributed by atoms with Crippen molar-refractivity contribution in [1.29, 1.82) is 0 Å². The third kappa shape index (κ3) is 3.70. The predicted octanol–water partition coefficient (Wildman–Crippen LogP) is 2.33. The zero-order valence-corrected chi connectivity index (χ0v) is 12.7. The molecular weight excluding hydrogens is 250 g/mol. The van der Waals surface area contributed by atoms with Gasteiger partial charge in [0.2, 0.25) is 0 Å². The second kappa shape index (κ2) is 7.12. The SMILES string of the molecule is CCCNC(Cc1c(C)nn(C)c1Cl)C(C)OC. The molecule has 1 aromatic heterocycles. The molecule has 0 bridgehead atoms. The molecular formula is C13H24ClN3O. The fourth-order valence-electron chi connectivity index (χ4n) is 2.02. The first kappa shape index (κ1) is 15.5. The predicted molar refractivity (Wildman–Crippen MR) is 75.2 cm³/mol. The van der Waals surface area contributed by atoms with E-state index in [0.29, 0.717) is 0 Å². The molecule has 0 aliphatic rings. The van der Waals surface area contributed by atoms with Crippen LogP contribution >= 0.6 is 11.6 Å². The number of methoxy groups -OCH3 is 1. The van der Waals surface area contributed by atoms with Gasteiger partial charge in [-0.2, -0.15) is 5.10 Å². The summed E-state index contributed by atoms with van der Waals surface area (Å²) < 4.78 is 7.16. The van der Waals surface area contributed by atoms with E-state index in [1.807, 2.05) is 14.0 Å². The number of nitrogens with zero attached hydrogens (tertiary/aromatic N) is 2. The van der Waals surface area contributed by atoms with Crippen LogP contribution in [0.3, 0.4) is 0 Å². The Kier molecular flexibility index (Phi) is 6.12. The van der Waals surface area contributed by atoms with E-state index in [1.54, 1.807) is 11.8 Å². The average Bonchev–Trinajstić information content (AvgIpc) is 2.59. The fourth-order valence-corrected chi connectivity index (χ4v) is 2.28. The van der Waals surface area contributed by atoms with Crippen molar-refractivity contribution in [2.45, 2.75) is 45.8 Å². The Morgan fingerprint density at radius 3 is 2.61 bits per heavy atom. The van der Waals surface area contributed by atoms with Gasteiger partial charge in [0.25, 0.3) is 0 Å². The van der Waals surface area contributed by atoms with Crippen LogP contribution in [-0.2, 0) is 18.2 Å². The molecule has 2 atom stereocenters. The average molecular weight is 274 g/mol. The van der Waals surface area contributed by atoms with E-state index in [0.717, 1.165) is 35.8 Å². The normalized spacial score (nSPS) is 14.8. The minimum atomic E-state index is 0.146. The fraction of sp³-hybridized carbons (Fsp3) is 0.769. The van der Waals surface area contributed by atoms with E-state index in [-0.39, 0.29) is 12.1 Å². The molecule has 1 heterocycles. The lowest BCUT2D eigenvalue weighted by Crippen LogP contribution is -2.41. The van der Waals surface area contributed by atoms with Gasteiger partial charge >= 0.3 is 0 Å². The second-order valence-corrected chi connectivity index (χ2v) is 5.04. The van der Waals surface area contributed by atoms with E-state index in [2.05, 4.69) is 24.3 Å². The second-order valence-electron chi connectivity index (χ2n) is 4.68. The van der Waals surface area contributed by atoms with Crippen molar-refractivity contribution in [2.75, 3.05) is 13.7 Å². The molecule has 1 N–H and O–H groups in total. The molecule has 5 heteroatoms. The minimum Gasteiger partial charge on any atom is -0.380 e. The molecule has 2 unspecified atom stereocenters. The Labute approximate surface area is 115 Å². The molecule has 4 nitrogen and oxygen atoms in total. The Balaban J connectivity index is 2.81. The summed E-state index contributed by atoms with van der Waals surface area (Å²) in [5, 5.41) is 8.58. The molecule has 0 saturated carbocycles. The van der Waals surface area contributed by atoms with Gasteiger partial charge < -0.3 is 10.1 Å². The zero-order chi connectivity index (χ0) is 13.7. The van der Waals surface area contributed by atoms with Crippen molar-refractivity contribution in [3.63, 3.8) is 0 Å². The summed E-state index contributed by atoms with van der Waals surface area (Å²) in [6.45, 7) is 7.21. The van der Waals surface area contributed by atoms with Crippen LogP contribution in [0.4, 0.5) is 0 Å². The van der Waals surface area contributed by atoms with E-state index in [1.165, 1.54) is 0 Å². The van der Waals surface area contributed by atoms with Crippen molar-refractivity contribution in [3.05, 3.63) is 16.4 Å². The molecule has 0 saturated heterocycles. The highest BCUT2D eigenvalue weighted by molar-refractivity contribution is 6.30. The lowest BCUT2D eigenvalue weighted by Gasteiger charge is -2.24. The third-order valence-corrected chi connectivity index (χ3v) is 3.76. The number of hydrogen-bond acceptors (Lipinski definition) is 3. The molecule has 0 amide bonds. The lowest BCUT2D eigenvalue weighted by atomic mass is 10.0. The first-order valence-electron chi connectivity index (χ1n) is 6.45. The third-order valence-electron chi connectivity index (χ3n) is 3.29. The van der Waals surface area contributed by atoms with Gasteiger partial charge in [-0.1, -0.05) is 18.5 Å². The molecule has 0 aliphatic carbocycles. The molecule has 0 radical (unpaired) electrons. The quantitative estimate of drug-likeness (QED) is 0.829. The van der Waals surface area contributed by atoms with Crippen LogP contribution in [0.25, 0.3) is 0 Å². The van der Waals surface area contributed by atoms with Gasteiger partial charge in [0.15, 0.2) is 0 Å². The maximum absolute atomic E-state index is 6.27. The largest absolute Gasteiger partial charge is 0.380 e. The number of halogens is 1. The molecule has 0 fully saturated rings. The van der Waals surface area contributed by atoms with Crippen molar-refractivity contribution < 1.29 is 4.74 Å². The highest BCUT2D eigenvalue weighted by atomic mass is 35.5. The van der Waals surface area contributed by atoms with Crippen LogP contribution < -0.4 is 5.32 Å². The van der Waals surface area contributed by atoms with Gasteiger partial charge in [0.05, 0.1) is 11.8 Å². The number of nitrogens with one attached hydrogen (secondary N) is 1. The van der Waals surface area contributed by atoms with E-state index >= 15 is 0 Å². The van der Waals surface area contributed by atoms with Crippen LogP contribution in [-0.4, -0.2) is 35.6 Å². The Morgan fingerprint density at radius 1 is 1.50 bits per heavy atom. The Hall–Kier alpha value is -0.580. The van der Waals surface area contributed by atoms with Crippen molar-refractivity contribution in [2.24, 2.45) is 7.05 Å². The monoisotopic (exact) mass is 273 g/mol.